The standard InChI is InChI=1S/C13H23N3/c1-9-4-5-12(6-10(9)2)16-8-15-7-13(16)11(3)14/h7-12H,4-6,14H2,1-3H3. The largest absolute Gasteiger partial charge is 0.330 e. The van der Waals surface area contributed by atoms with Crippen LogP contribution in [-0.4, -0.2) is 9.55 Å². The summed E-state index contributed by atoms with van der Waals surface area (Å²) in [7, 11) is 0. The lowest BCUT2D eigenvalue weighted by Gasteiger charge is -2.34. The molecule has 1 aromatic heterocycles. The van der Waals surface area contributed by atoms with Gasteiger partial charge >= 0.3 is 0 Å². The van der Waals surface area contributed by atoms with Crippen molar-refractivity contribution in [3.8, 4) is 0 Å². The number of hydrogen-bond donors (Lipinski definition) is 1. The van der Waals surface area contributed by atoms with Crippen LogP contribution in [0.15, 0.2) is 12.5 Å². The minimum atomic E-state index is 0.0807. The fraction of sp³-hybridized carbons (Fsp3) is 0.769. The zero-order valence-corrected chi connectivity index (χ0v) is 10.6. The third-order valence-corrected chi connectivity index (χ3v) is 4.13. The van der Waals surface area contributed by atoms with Gasteiger partial charge in [-0.1, -0.05) is 13.8 Å². The van der Waals surface area contributed by atoms with Crippen LogP contribution in [0, 0.1) is 11.8 Å². The Bertz CT molecular complexity index is 343. The van der Waals surface area contributed by atoms with Gasteiger partial charge in [0.15, 0.2) is 0 Å². The smallest absolute Gasteiger partial charge is 0.0951 e. The van der Waals surface area contributed by atoms with Crippen molar-refractivity contribution in [1.29, 1.82) is 0 Å². The molecule has 16 heavy (non-hydrogen) atoms. The predicted octanol–water partition coefficient (Wildman–Crippen LogP) is 2.90. The van der Waals surface area contributed by atoms with Gasteiger partial charge in [0.2, 0.25) is 0 Å². The van der Waals surface area contributed by atoms with Crippen LogP contribution in [0.25, 0.3) is 0 Å². The van der Waals surface area contributed by atoms with Crippen LogP contribution in [0.2, 0.25) is 0 Å². The Balaban J connectivity index is 2.15. The fourth-order valence-electron chi connectivity index (χ4n) is 2.74. The van der Waals surface area contributed by atoms with Crippen molar-refractivity contribution in [2.24, 2.45) is 17.6 Å². The van der Waals surface area contributed by atoms with Gasteiger partial charge in [0.05, 0.1) is 12.0 Å². The normalized spacial score (nSPS) is 32.6. The second-order valence-corrected chi connectivity index (χ2v) is 5.44. The Kier molecular flexibility index (Phi) is 3.33. The minimum Gasteiger partial charge on any atom is -0.330 e. The molecule has 1 aromatic rings. The summed E-state index contributed by atoms with van der Waals surface area (Å²) in [6, 6.07) is 0.687. The zero-order chi connectivity index (χ0) is 11.7. The highest BCUT2D eigenvalue weighted by molar-refractivity contribution is 5.05. The summed E-state index contributed by atoms with van der Waals surface area (Å²) in [6.07, 6.45) is 7.71. The van der Waals surface area contributed by atoms with Crippen LogP contribution in [0.3, 0.4) is 0 Å². The van der Waals surface area contributed by atoms with E-state index in [1.165, 1.54) is 25.0 Å². The molecule has 90 valence electrons. The molecule has 1 fully saturated rings. The first-order chi connectivity index (χ1) is 7.59. The van der Waals surface area contributed by atoms with Gasteiger partial charge < -0.3 is 10.3 Å². The van der Waals surface area contributed by atoms with Crippen LogP contribution in [0.4, 0.5) is 0 Å². The van der Waals surface area contributed by atoms with E-state index in [1.54, 1.807) is 0 Å². The van der Waals surface area contributed by atoms with E-state index in [2.05, 4.69) is 23.4 Å². The van der Waals surface area contributed by atoms with E-state index in [0.29, 0.717) is 6.04 Å². The van der Waals surface area contributed by atoms with E-state index < -0.39 is 0 Å². The van der Waals surface area contributed by atoms with Crippen LogP contribution in [-0.2, 0) is 0 Å². The molecular weight excluding hydrogens is 198 g/mol. The van der Waals surface area contributed by atoms with Crippen LogP contribution >= 0.6 is 0 Å². The Morgan fingerprint density at radius 1 is 1.38 bits per heavy atom. The Hall–Kier alpha value is -0.830. The molecule has 0 aliphatic heterocycles. The number of nitrogens with zero attached hydrogens (tertiary/aromatic N) is 2. The molecule has 1 heterocycles. The molecule has 3 nitrogen and oxygen atoms in total. The van der Waals surface area contributed by atoms with Gasteiger partial charge in [0.1, 0.15) is 0 Å². The highest BCUT2D eigenvalue weighted by atomic mass is 15.1. The number of imidazole rings is 1. The number of hydrogen-bond acceptors (Lipinski definition) is 2. The maximum atomic E-state index is 5.97. The summed E-state index contributed by atoms with van der Waals surface area (Å²) in [5, 5.41) is 0. The molecule has 0 bridgehead atoms. The number of rotatable bonds is 2. The lowest BCUT2D eigenvalue weighted by molar-refractivity contribution is 0.207. The Morgan fingerprint density at radius 2 is 2.12 bits per heavy atom. The number of nitrogens with two attached hydrogens (primary N) is 1. The molecule has 1 aliphatic rings. The topological polar surface area (TPSA) is 43.8 Å². The first-order valence-electron chi connectivity index (χ1n) is 6.37. The highest BCUT2D eigenvalue weighted by Gasteiger charge is 2.26. The van der Waals surface area contributed by atoms with Gasteiger partial charge in [-0.05, 0) is 38.0 Å². The first-order valence-corrected chi connectivity index (χ1v) is 6.37. The zero-order valence-electron chi connectivity index (χ0n) is 10.6. The lowest BCUT2D eigenvalue weighted by atomic mass is 9.79. The average molecular weight is 221 g/mol. The molecule has 4 unspecified atom stereocenters. The van der Waals surface area contributed by atoms with Crippen molar-refractivity contribution in [2.75, 3.05) is 0 Å². The van der Waals surface area contributed by atoms with Crippen LogP contribution in [0.1, 0.15) is 57.8 Å². The molecule has 0 saturated heterocycles. The summed E-state index contributed by atoms with van der Waals surface area (Å²) >= 11 is 0. The second-order valence-electron chi connectivity index (χ2n) is 5.44. The SMILES string of the molecule is CC(N)c1cncn1C1CCC(C)C(C)C1. The van der Waals surface area contributed by atoms with Gasteiger partial charge in [-0.25, -0.2) is 4.98 Å². The van der Waals surface area contributed by atoms with E-state index in [-0.39, 0.29) is 6.04 Å². The predicted molar refractivity (Wildman–Crippen MR) is 66.0 cm³/mol. The molecule has 4 atom stereocenters. The van der Waals surface area contributed by atoms with Gasteiger partial charge in [-0.3, -0.25) is 0 Å². The van der Waals surface area contributed by atoms with Crippen molar-refractivity contribution in [2.45, 2.75) is 52.1 Å². The quantitative estimate of drug-likeness (QED) is 0.834. The van der Waals surface area contributed by atoms with E-state index >= 15 is 0 Å². The molecule has 1 saturated carbocycles. The second kappa shape index (κ2) is 4.58. The third kappa shape index (κ3) is 2.14. The Labute approximate surface area is 98.1 Å². The molecule has 3 heteroatoms. The molecule has 2 rings (SSSR count). The number of aromatic nitrogens is 2. The van der Waals surface area contributed by atoms with E-state index in [0.717, 1.165) is 11.8 Å². The molecule has 0 spiro atoms. The fourth-order valence-corrected chi connectivity index (χ4v) is 2.74. The van der Waals surface area contributed by atoms with E-state index in [1.807, 2.05) is 19.4 Å². The van der Waals surface area contributed by atoms with E-state index in [9.17, 15) is 0 Å². The van der Waals surface area contributed by atoms with Gasteiger partial charge in [0.25, 0.3) is 0 Å². The Morgan fingerprint density at radius 3 is 2.75 bits per heavy atom. The minimum absolute atomic E-state index is 0.0807. The van der Waals surface area contributed by atoms with Crippen LogP contribution < -0.4 is 5.73 Å². The lowest BCUT2D eigenvalue weighted by Crippen LogP contribution is -2.25. The van der Waals surface area contributed by atoms with E-state index in [4.69, 9.17) is 5.73 Å². The summed E-state index contributed by atoms with van der Waals surface area (Å²) in [6.45, 7) is 6.75. The van der Waals surface area contributed by atoms with Crippen molar-refractivity contribution in [3.05, 3.63) is 18.2 Å². The molecule has 0 amide bonds. The summed E-state index contributed by atoms with van der Waals surface area (Å²) in [5.41, 5.74) is 7.14. The van der Waals surface area contributed by atoms with Crippen molar-refractivity contribution >= 4 is 0 Å². The van der Waals surface area contributed by atoms with Crippen molar-refractivity contribution < 1.29 is 0 Å². The van der Waals surface area contributed by atoms with Gasteiger partial charge in [-0.15, -0.1) is 0 Å². The molecular formula is C13H23N3. The summed E-state index contributed by atoms with van der Waals surface area (Å²) < 4.78 is 2.30. The molecule has 0 aromatic carbocycles. The van der Waals surface area contributed by atoms with Crippen LogP contribution in [0.5, 0.6) is 0 Å². The summed E-state index contributed by atoms with van der Waals surface area (Å²) in [4.78, 5) is 4.25. The first kappa shape index (κ1) is 11.6. The maximum absolute atomic E-state index is 5.97. The van der Waals surface area contributed by atoms with Gasteiger partial charge in [-0.2, -0.15) is 0 Å². The molecule has 1 aliphatic carbocycles. The van der Waals surface area contributed by atoms with Crippen molar-refractivity contribution in [1.82, 2.24) is 9.55 Å². The average Bonchev–Trinajstić information content (AvgIpc) is 2.71. The maximum Gasteiger partial charge on any atom is 0.0951 e. The van der Waals surface area contributed by atoms with Crippen molar-refractivity contribution in [3.63, 3.8) is 0 Å². The summed E-state index contributed by atoms with van der Waals surface area (Å²) in [5.74, 6) is 1.67. The highest BCUT2D eigenvalue weighted by Crippen LogP contribution is 2.37. The molecule has 2 N–H and O–H groups in total. The monoisotopic (exact) mass is 221 g/mol. The van der Waals surface area contributed by atoms with Gasteiger partial charge in [0, 0.05) is 18.3 Å². The third-order valence-electron chi connectivity index (χ3n) is 4.13. The molecule has 0 radical (unpaired) electrons.